The van der Waals surface area contributed by atoms with Crippen molar-refractivity contribution in [3.05, 3.63) is 64.7 Å². The van der Waals surface area contributed by atoms with Gasteiger partial charge in [-0.05, 0) is 48.6 Å². The van der Waals surface area contributed by atoms with E-state index in [2.05, 4.69) is 10.6 Å². The van der Waals surface area contributed by atoms with Crippen molar-refractivity contribution in [2.45, 2.75) is 19.3 Å². The predicted molar refractivity (Wildman–Crippen MR) is 90.4 cm³/mol. The van der Waals surface area contributed by atoms with Crippen molar-refractivity contribution in [2.24, 2.45) is 5.92 Å². The number of benzene rings is 2. The van der Waals surface area contributed by atoms with Gasteiger partial charge in [0.1, 0.15) is 11.6 Å². The maximum absolute atomic E-state index is 13.8. The molecule has 130 valence electrons. The van der Waals surface area contributed by atoms with Crippen LogP contribution in [0, 0.1) is 24.5 Å². The van der Waals surface area contributed by atoms with Gasteiger partial charge in [-0.15, -0.1) is 0 Å². The molecule has 0 aliphatic heterocycles. The molecule has 0 spiro atoms. The van der Waals surface area contributed by atoms with Crippen molar-refractivity contribution in [2.75, 3.05) is 12.4 Å². The molecule has 1 saturated carbocycles. The van der Waals surface area contributed by atoms with Gasteiger partial charge in [-0.25, -0.2) is 8.78 Å². The van der Waals surface area contributed by atoms with Crippen LogP contribution < -0.4 is 10.6 Å². The molecule has 0 aromatic heterocycles. The van der Waals surface area contributed by atoms with Crippen molar-refractivity contribution in [1.82, 2.24) is 5.32 Å². The van der Waals surface area contributed by atoms with Crippen LogP contribution in [0.1, 0.15) is 33.8 Å². The van der Waals surface area contributed by atoms with Gasteiger partial charge in [0.25, 0.3) is 5.91 Å². The summed E-state index contributed by atoms with van der Waals surface area (Å²) < 4.78 is 26.8. The normalized spacial score (nSPS) is 18.6. The van der Waals surface area contributed by atoms with E-state index in [0.717, 1.165) is 6.07 Å². The van der Waals surface area contributed by atoms with Gasteiger partial charge in [-0.1, -0.05) is 12.1 Å². The van der Waals surface area contributed by atoms with E-state index in [-0.39, 0.29) is 23.7 Å². The summed E-state index contributed by atoms with van der Waals surface area (Å²) in [4.78, 5) is 24.3. The number of nitrogens with one attached hydrogen (secondary N) is 2. The number of anilines is 1. The monoisotopic (exact) mass is 344 g/mol. The molecule has 1 fully saturated rings. The van der Waals surface area contributed by atoms with Crippen molar-refractivity contribution >= 4 is 17.5 Å². The third-order valence-corrected chi connectivity index (χ3v) is 4.55. The van der Waals surface area contributed by atoms with E-state index < -0.39 is 11.6 Å². The van der Waals surface area contributed by atoms with E-state index in [4.69, 9.17) is 0 Å². The first-order chi connectivity index (χ1) is 11.9. The van der Waals surface area contributed by atoms with E-state index in [0.29, 0.717) is 28.8 Å². The quantitative estimate of drug-likeness (QED) is 0.893. The maximum Gasteiger partial charge on any atom is 0.251 e. The zero-order valence-electron chi connectivity index (χ0n) is 13.9. The molecule has 2 amide bonds. The lowest BCUT2D eigenvalue weighted by molar-refractivity contribution is -0.117. The lowest BCUT2D eigenvalue weighted by Crippen LogP contribution is -2.21. The molecule has 4 nitrogen and oxygen atoms in total. The van der Waals surface area contributed by atoms with Crippen LogP contribution in [0.4, 0.5) is 14.5 Å². The number of hydrogen-bond acceptors (Lipinski definition) is 2. The van der Waals surface area contributed by atoms with Gasteiger partial charge in [0.05, 0.1) is 0 Å². The Bertz CT molecular complexity index is 851. The van der Waals surface area contributed by atoms with Crippen LogP contribution in [-0.4, -0.2) is 18.9 Å². The second-order valence-corrected chi connectivity index (χ2v) is 6.16. The maximum atomic E-state index is 13.8. The van der Waals surface area contributed by atoms with Gasteiger partial charge >= 0.3 is 0 Å². The molecule has 3 rings (SSSR count). The first-order valence-corrected chi connectivity index (χ1v) is 8.00. The molecule has 2 aromatic carbocycles. The fraction of sp³-hybridized carbons (Fsp3) is 0.263. The molecule has 0 bridgehead atoms. The molecule has 6 heteroatoms. The molecule has 0 radical (unpaired) electrons. The standard InChI is InChI=1S/C19H18F2N2O2/c1-10-12(18(24)22-2)4-3-5-17(10)23-19(25)15-9-14(15)13-7-6-11(20)8-16(13)21/h3-8,14-15H,9H2,1-2H3,(H,22,24)(H,23,25)/t14-,15+/m1/s1. The van der Waals surface area contributed by atoms with Crippen molar-refractivity contribution in [3.63, 3.8) is 0 Å². The number of carbonyl (C=O) groups is 2. The highest BCUT2D eigenvalue weighted by Gasteiger charge is 2.45. The Hall–Kier alpha value is -2.76. The molecular formula is C19H18F2N2O2. The lowest BCUT2D eigenvalue weighted by Gasteiger charge is -2.12. The fourth-order valence-electron chi connectivity index (χ4n) is 3.01. The van der Waals surface area contributed by atoms with Gasteiger partial charge in [0.2, 0.25) is 5.91 Å². The molecule has 0 heterocycles. The summed E-state index contributed by atoms with van der Waals surface area (Å²) in [6.07, 6.45) is 0.516. The summed E-state index contributed by atoms with van der Waals surface area (Å²) in [5.74, 6) is -2.33. The van der Waals surface area contributed by atoms with Crippen LogP contribution in [-0.2, 0) is 4.79 Å². The summed E-state index contributed by atoms with van der Waals surface area (Å²) in [6.45, 7) is 1.75. The zero-order chi connectivity index (χ0) is 18.1. The topological polar surface area (TPSA) is 58.2 Å². The SMILES string of the molecule is CNC(=O)c1cccc(NC(=O)[C@H]2C[C@@H]2c2ccc(F)cc2F)c1C. The Morgan fingerprint density at radius 2 is 1.92 bits per heavy atom. The highest BCUT2D eigenvalue weighted by Crippen LogP contribution is 2.49. The molecule has 2 atom stereocenters. The van der Waals surface area contributed by atoms with E-state index in [1.54, 1.807) is 32.2 Å². The predicted octanol–water partition coefficient (Wildman–Crippen LogP) is 3.38. The average Bonchev–Trinajstić information content (AvgIpc) is 3.36. The Kier molecular flexibility index (Phi) is 4.53. The van der Waals surface area contributed by atoms with Gasteiger partial charge in [-0.2, -0.15) is 0 Å². The summed E-state index contributed by atoms with van der Waals surface area (Å²) in [5.41, 5.74) is 2.06. The second kappa shape index (κ2) is 6.63. The lowest BCUT2D eigenvalue weighted by atomic mass is 10.1. The number of amides is 2. The summed E-state index contributed by atoms with van der Waals surface area (Å²) in [7, 11) is 1.54. The summed E-state index contributed by atoms with van der Waals surface area (Å²) in [5, 5.41) is 5.36. The number of carbonyl (C=O) groups excluding carboxylic acids is 2. The van der Waals surface area contributed by atoms with Crippen molar-refractivity contribution in [1.29, 1.82) is 0 Å². The Morgan fingerprint density at radius 1 is 1.16 bits per heavy atom. The molecule has 0 saturated heterocycles. The number of halogens is 2. The minimum Gasteiger partial charge on any atom is -0.355 e. The number of rotatable bonds is 4. The Balaban J connectivity index is 1.73. The van der Waals surface area contributed by atoms with Crippen molar-refractivity contribution in [3.8, 4) is 0 Å². The summed E-state index contributed by atoms with van der Waals surface area (Å²) in [6, 6.07) is 8.51. The number of hydrogen-bond donors (Lipinski definition) is 2. The van der Waals surface area contributed by atoms with E-state index in [9.17, 15) is 18.4 Å². The smallest absolute Gasteiger partial charge is 0.251 e. The molecule has 25 heavy (non-hydrogen) atoms. The zero-order valence-corrected chi connectivity index (χ0v) is 13.9. The summed E-state index contributed by atoms with van der Waals surface area (Å²) >= 11 is 0. The molecule has 2 aromatic rings. The van der Waals surface area contributed by atoms with Crippen LogP contribution >= 0.6 is 0 Å². The Labute approximate surface area is 144 Å². The molecule has 1 aliphatic carbocycles. The first kappa shape index (κ1) is 17.1. The van der Waals surface area contributed by atoms with Gasteiger partial charge < -0.3 is 10.6 Å². The first-order valence-electron chi connectivity index (χ1n) is 8.00. The van der Waals surface area contributed by atoms with Gasteiger partial charge in [-0.3, -0.25) is 9.59 Å². The highest BCUT2D eigenvalue weighted by atomic mass is 19.1. The van der Waals surface area contributed by atoms with Crippen LogP contribution in [0.25, 0.3) is 0 Å². The Morgan fingerprint density at radius 3 is 2.60 bits per heavy atom. The highest BCUT2D eigenvalue weighted by molar-refractivity contribution is 6.00. The van der Waals surface area contributed by atoms with E-state index in [1.165, 1.54) is 12.1 Å². The van der Waals surface area contributed by atoms with E-state index in [1.807, 2.05) is 0 Å². The van der Waals surface area contributed by atoms with Gasteiger partial charge in [0.15, 0.2) is 0 Å². The molecule has 0 unspecified atom stereocenters. The van der Waals surface area contributed by atoms with Crippen LogP contribution in [0.5, 0.6) is 0 Å². The third-order valence-electron chi connectivity index (χ3n) is 4.55. The molecule has 1 aliphatic rings. The van der Waals surface area contributed by atoms with E-state index >= 15 is 0 Å². The second-order valence-electron chi connectivity index (χ2n) is 6.16. The van der Waals surface area contributed by atoms with Crippen LogP contribution in [0.3, 0.4) is 0 Å². The minimum absolute atomic E-state index is 0.230. The molecule has 2 N–H and O–H groups in total. The largest absolute Gasteiger partial charge is 0.355 e. The fourth-order valence-corrected chi connectivity index (χ4v) is 3.01. The minimum atomic E-state index is -0.635. The molecular weight excluding hydrogens is 326 g/mol. The van der Waals surface area contributed by atoms with Gasteiger partial charge in [0, 0.05) is 30.3 Å². The third kappa shape index (κ3) is 3.38. The van der Waals surface area contributed by atoms with Crippen LogP contribution in [0.2, 0.25) is 0 Å². The van der Waals surface area contributed by atoms with Crippen molar-refractivity contribution < 1.29 is 18.4 Å². The van der Waals surface area contributed by atoms with Crippen LogP contribution in [0.15, 0.2) is 36.4 Å². The average molecular weight is 344 g/mol.